The molecule has 3 aromatic carbocycles. The Kier molecular flexibility index (Phi) is 10.9. The van der Waals surface area contributed by atoms with Gasteiger partial charge in [0, 0.05) is 44.6 Å². The molecule has 3 amide bonds. The van der Waals surface area contributed by atoms with Crippen molar-refractivity contribution in [2.45, 2.75) is 58.8 Å². The third kappa shape index (κ3) is 8.27. The minimum absolute atomic E-state index is 0.0599. The molecule has 8 heteroatoms. The molecule has 1 aliphatic rings. The number of nitrogens with one attached hydrogen (secondary N) is 3. The lowest BCUT2D eigenvalue weighted by molar-refractivity contribution is -0.137. The summed E-state index contributed by atoms with van der Waals surface area (Å²) in [5, 5.41) is 18.5. The summed E-state index contributed by atoms with van der Waals surface area (Å²) < 4.78 is 0. The normalized spacial score (nSPS) is 16.2. The number of aliphatic hydroxyl groups is 1. The molecule has 0 aliphatic carbocycles. The van der Waals surface area contributed by atoms with E-state index in [0.29, 0.717) is 44.7 Å². The summed E-state index contributed by atoms with van der Waals surface area (Å²) in [7, 11) is 0. The zero-order valence-electron chi connectivity index (χ0n) is 24.7. The van der Waals surface area contributed by atoms with Gasteiger partial charge in [-0.2, -0.15) is 0 Å². The van der Waals surface area contributed by atoms with E-state index in [-0.39, 0.29) is 30.1 Å². The number of carbonyl (C=O) groups is 3. The Morgan fingerprint density at radius 1 is 0.952 bits per heavy atom. The highest BCUT2D eigenvalue weighted by molar-refractivity contribution is 6.00. The molecule has 0 bridgehead atoms. The van der Waals surface area contributed by atoms with Crippen molar-refractivity contribution in [1.29, 1.82) is 0 Å². The molecule has 42 heavy (non-hydrogen) atoms. The van der Waals surface area contributed by atoms with Crippen molar-refractivity contribution in [2.24, 2.45) is 5.92 Å². The first-order chi connectivity index (χ1) is 20.2. The monoisotopic (exact) mass is 570 g/mol. The molecule has 3 aromatic rings. The molecule has 1 aliphatic heterocycles. The Labute approximate surface area is 248 Å². The average molecular weight is 571 g/mol. The van der Waals surface area contributed by atoms with E-state index in [1.807, 2.05) is 91.5 Å². The number of carbonyl (C=O) groups excluding carboxylic acids is 3. The van der Waals surface area contributed by atoms with Crippen LogP contribution in [0.15, 0.2) is 72.8 Å². The Morgan fingerprint density at radius 2 is 1.64 bits per heavy atom. The molecule has 0 saturated heterocycles. The molecular formula is C34H42N4O4. The molecule has 0 fully saturated rings. The number of fused-ring (bicyclic) bond motifs is 1. The van der Waals surface area contributed by atoms with Crippen molar-refractivity contribution in [1.82, 2.24) is 20.9 Å². The largest absolute Gasteiger partial charge is 0.392 e. The summed E-state index contributed by atoms with van der Waals surface area (Å²) in [5.41, 5.74) is 5.50. The maximum absolute atomic E-state index is 13.8. The zero-order chi connectivity index (χ0) is 30.1. The van der Waals surface area contributed by atoms with E-state index in [2.05, 4.69) is 16.0 Å². The van der Waals surface area contributed by atoms with Crippen LogP contribution in [0.2, 0.25) is 0 Å². The molecule has 3 atom stereocenters. The van der Waals surface area contributed by atoms with E-state index in [9.17, 15) is 19.5 Å². The third-order valence-electron chi connectivity index (χ3n) is 7.46. The van der Waals surface area contributed by atoms with Crippen LogP contribution in [-0.2, 0) is 29.1 Å². The second kappa shape index (κ2) is 14.8. The lowest BCUT2D eigenvalue weighted by Gasteiger charge is -2.26. The van der Waals surface area contributed by atoms with Gasteiger partial charge < -0.3 is 26.0 Å². The van der Waals surface area contributed by atoms with Crippen molar-refractivity contribution in [2.75, 3.05) is 19.6 Å². The van der Waals surface area contributed by atoms with E-state index in [1.165, 1.54) is 0 Å². The number of rotatable bonds is 12. The smallest absolute Gasteiger partial charge is 0.251 e. The van der Waals surface area contributed by atoms with Gasteiger partial charge in [-0.15, -0.1) is 0 Å². The zero-order valence-corrected chi connectivity index (χ0v) is 24.7. The Hall–Kier alpha value is -4.01. The van der Waals surface area contributed by atoms with Crippen molar-refractivity contribution in [3.63, 3.8) is 0 Å². The van der Waals surface area contributed by atoms with Crippen molar-refractivity contribution < 1.29 is 19.5 Å². The maximum atomic E-state index is 13.8. The Balaban J connectivity index is 1.48. The predicted octanol–water partition coefficient (Wildman–Crippen LogP) is 3.67. The second-order valence-electron chi connectivity index (χ2n) is 11.2. The lowest BCUT2D eigenvalue weighted by Crippen LogP contribution is -2.48. The van der Waals surface area contributed by atoms with Gasteiger partial charge in [-0.3, -0.25) is 14.4 Å². The predicted molar refractivity (Wildman–Crippen MR) is 165 cm³/mol. The van der Waals surface area contributed by atoms with Crippen molar-refractivity contribution >= 4 is 17.7 Å². The second-order valence-corrected chi connectivity index (χ2v) is 11.2. The van der Waals surface area contributed by atoms with Gasteiger partial charge in [0.1, 0.15) is 6.04 Å². The average Bonchev–Trinajstić information content (AvgIpc) is 3.09. The number of aliphatic hydroxyl groups excluding tert-OH is 1. The SMILES string of the molecule is CCNC(=O)c1ccccc1-c1ccc(CN2Cc3ccccc3C[C@@H](NC(=O)CC(C)CNC[C@@H](C)O)C2=O)cc1. The summed E-state index contributed by atoms with van der Waals surface area (Å²) >= 11 is 0. The standard InChI is InChI=1S/C34H42N4O4/c1-4-36-33(41)30-12-8-7-11-29(30)26-15-13-25(14-16-26)21-38-22-28-10-6-5-9-27(28)18-31(34(38)42)37-32(40)17-23(2)19-35-20-24(3)39/h5-16,23-24,31,35,39H,4,17-22H2,1-3H3,(H,36,41)(H,37,40)/t23?,24-,31-/m1/s1. The molecule has 0 spiro atoms. The first-order valence-corrected chi connectivity index (χ1v) is 14.7. The lowest BCUT2D eigenvalue weighted by atomic mass is 9.98. The Morgan fingerprint density at radius 3 is 2.36 bits per heavy atom. The van der Waals surface area contributed by atoms with Gasteiger partial charge in [-0.1, -0.05) is 73.7 Å². The quantitative estimate of drug-likeness (QED) is 0.266. The highest BCUT2D eigenvalue weighted by Crippen LogP contribution is 2.26. The highest BCUT2D eigenvalue weighted by atomic mass is 16.3. The molecule has 222 valence electrons. The number of hydrogen-bond acceptors (Lipinski definition) is 5. The minimum Gasteiger partial charge on any atom is -0.392 e. The molecule has 4 rings (SSSR count). The van der Waals surface area contributed by atoms with Crippen LogP contribution in [-0.4, -0.2) is 59.5 Å². The van der Waals surface area contributed by atoms with E-state index in [4.69, 9.17) is 0 Å². The fourth-order valence-corrected chi connectivity index (χ4v) is 5.35. The molecule has 1 unspecified atom stereocenters. The van der Waals surface area contributed by atoms with Gasteiger partial charge in [0.05, 0.1) is 6.10 Å². The number of hydrogen-bond donors (Lipinski definition) is 4. The van der Waals surface area contributed by atoms with E-state index < -0.39 is 12.1 Å². The number of amides is 3. The van der Waals surface area contributed by atoms with Crippen LogP contribution in [0.4, 0.5) is 0 Å². The summed E-state index contributed by atoms with van der Waals surface area (Å²) in [4.78, 5) is 41.1. The van der Waals surface area contributed by atoms with Crippen LogP contribution < -0.4 is 16.0 Å². The topological polar surface area (TPSA) is 111 Å². The van der Waals surface area contributed by atoms with Crippen LogP contribution in [0.3, 0.4) is 0 Å². The van der Waals surface area contributed by atoms with Gasteiger partial charge in [0.25, 0.3) is 5.91 Å². The van der Waals surface area contributed by atoms with E-state index in [1.54, 1.807) is 6.92 Å². The molecular weight excluding hydrogens is 528 g/mol. The summed E-state index contributed by atoms with van der Waals surface area (Å²) in [6.07, 6.45) is 0.291. The summed E-state index contributed by atoms with van der Waals surface area (Å²) in [6, 6.07) is 22.8. The molecule has 0 saturated carbocycles. The van der Waals surface area contributed by atoms with Crippen LogP contribution in [0.25, 0.3) is 11.1 Å². The van der Waals surface area contributed by atoms with Crippen LogP contribution >= 0.6 is 0 Å². The van der Waals surface area contributed by atoms with E-state index in [0.717, 1.165) is 27.8 Å². The van der Waals surface area contributed by atoms with Crippen LogP contribution in [0, 0.1) is 5.92 Å². The first kappa shape index (κ1) is 30.9. The number of nitrogens with zero attached hydrogens (tertiary/aromatic N) is 1. The van der Waals surface area contributed by atoms with Crippen LogP contribution in [0.5, 0.6) is 0 Å². The molecule has 1 heterocycles. The highest BCUT2D eigenvalue weighted by Gasteiger charge is 2.31. The third-order valence-corrected chi connectivity index (χ3v) is 7.46. The van der Waals surface area contributed by atoms with Gasteiger partial charge >= 0.3 is 0 Å². The summed E-state index contributed by atoms with van der Waals surface area (Å²) in [6.45, 7) is 8.08. The van der Waals surface area contributed by atoms with Crippen LogP contribution in [0.1, 0.15) is 54.2 Å². The van der Waals surface area contributed by atoms with Crippen molar-refractivity contribution in [3.05, 3.63) is 95.1 Å². The summed E-state index contributed by atoms with van der Waals surface area (Å²) in [5.74, 6) is -0.312. The van der Waals surface area contributed by atoms with Gasteiger partial charge in [0.15, 0.2) is 0 Å². The fraction of sp³-hybridized carbons (Fsp3) is 0.382. The molecule has 0 radical (unpaired) electrons. The Bertz CT molecular complexity index is 1370. The molecule has 0 aromatic heterocycles. The molecule has 8 nitrogen and oxygen atoms in total. The van der Waals surface area contributed by atoms with Gasteiger partial charge in [-0.05, 0) is 60.2 Å². The van der Waals surface area contributed by atoms with E-state index >= 15 is 0 Å². The van der Waals surface area contributed by atoms with Gasteiger partial charge in [0.2, 0.25) is 11.8 Å². The van der Waals surface area contributed by atoms with Gasteiger partial charge in [-0.25, -0.2) is 0 Å². The van der Waals surface area contributed by atoms with Crippen molar-refractivity contribution in [3.8, 4) is 11.1 Å². The fourth-order valence-electron chi connectivity index (χ4n) is 5.35. The first-order valence-electron chi connectivity index (χ1n) is 14.7. The molecule has 4 N–H and O–H groups in total. The number of benzene rings is 3. The minimum atomic E-state index is -0.651. The maximum Gasteiger partial charge on any atom is 0.251 e.